The number of amides is 14. The molecule has 0 unspecified atom stereocenters. The van der Waals surface area contributed by atoms with E-state index in [2.05, 4.69) is 84.4 Å². The van der Waals surface area contributed by atoms with Gasteiger partial charge >= 0.3 is 0 Å². The van der Waals surface area contributed by atoms with Crippen LogP contribution in [0, 0.1) is 17.2 Å². The van der Waals surface area contributed by atoms with Crippen molar-refractivity contribution in [3.8, 4) is 5.75 Å². The summed E-state index contributed by atoms with van der Waals surface area (Å²) < 4.78 is 0. The first-order valence-electron chi connectivity index (χ1n) is 39.6. The number of carbonyl (C=O) groups excluding carboxylic acids is 14. The van der Waals surface area contributed by atoms with Gasteiger partial charge in [0.25, 0.3) is 0 Å². The summed E-state index contributed by atoms with van der Waals surface area (Å²) in [6.07, 6.45) is 9.31. The molecule has 0 fully saturated rings. The topological polar surface area (TPSA) is 561 Å². The van der Waals surface area contributed by atoms with Gasteiger partial charge < -0.3 is 107 Å². The monoisotopic (exact) mass is 1600 g/mol. The molecule has 2 heterocycles. The van der Waals surface area contributed by atoms with Crippen LogP contribution in [0.4, 0.5) is 0 Å². The van der Waals surface area contributed by atoms with Crippen LogP contribution in [0.1, 0.15) is 167 Å². The molecule has 0 aliphatic carbocycles. The van der Waals surface area contributed by atoms with E-state index in [4.69, 9.17) is 22.6 Å². The Morgan fingerprint density at radius 1 is 0.391 bits per heavy atom. The van der Waals surface area contributed by atoms with E-state index in [1.165, 1.54) is 26.0 Å². The number of para-hydroxylation sites is 2. The van der Waals surface area contributed by atoms with Gasteiger partial charge in [0.1, 0.15) is 54.1 Å². The number of nitrogens with two attached hydrogens (primary N) is 3. The van der Waals surface area contributed by atoms with E-state index in [0.29, 0.717) is 76.4 Å². The number of aryl methyl sites for hydroxylation is 1. The number of aromatic nitrogens is 2. The van der Waals surface area contributed by atoms with E-state index in [9.17, 15) is 72.2 Å². The molecule has 35 nitrogen and oxygen atoms in total. The van der Waals surface area contributed by atoms with Crippen LogP contribution in [-0.4, -0.2) is 198 Å². The Morgan fingerprint density at radius 2 is 0.835 bits per heavy atom. The molecule has 0 aliphatic heterocycles. The minimum atomic E-state index is -1.24. The number of H-pyrrole nitrogens is 2. The molecule has 0 spiro atoms. The Morgan fingerprint density at radius 3 is 1.41 bits per heavy atom. The molecule has 35 heteroatoms. The fourth-order valence-electron chi connectivity index (χ4n) is 12.5. The van der Waals surface area contributed by atoms with Crippen LogP contribution in [0.25, 0.3) is 21.8 Å². The first-order valence-corrected chi connectivity index (χ1v) is 39.6. The van der Waals surface area contributed by atoms with Crippen molar-refractivity contribution in [1.29, 1.82) is 5.41 Å². The summed E-state index contributed by atoms with van der Waals surface area (Å²) in [4.78, 5) is 192. The number of hydrogen-bond donors (Lipinski definition) is 21. The van der Waals surface area contributed by atoms with Crippen LogP contribution in [-0.2, 0) is 86.4 Å². The summed E-state index contributed by atoms with van der Waals surface area (Å²) in [5, 5.41) is 56.8. The van der Waals surface area contributed by atoms with E-state index < -0.39 is 126 Å². The number of fused-ring (bicyclic) bond motifs is 2. The molecule has 24 N–H and O–H groups in total. The van der Waals surface area contributed by atoms with E-state index >= 15 is 0 Å². The van der Waals surface area contributed by atoms with Crippen LogP contribution in [0.5, 0.6) is 5.75 Å². The summed E-state index contributed by atoms with van der Waals surface area (Å²) in [6.45, 7) is 10.3. The van der Waals surface area contributed by atoms with Crippen molar-refractivity contribution >= 4 is 110 Å². The van der Waals surface area contributed by atoms with Gasteiger partial charge in [0.2, 0.25) is 82.7 Å². The van der Waals surface area contributed by atoms with Crippen LogP contribution in [0.2, 0.25) is 0 Å². The number of rotatable bonds is 54. The zero-order valence-electron chi connectivity index (χ0n) is 66.8. The molecular formula is C80H120N20O15. The third-order valence-electron chi connectivity index (χ3n) is 18.8. The van der Waals surface area contributed by atoms with Crippen molar-refractivity contribution in [2.24, 2.45) is 29.0 Å². The highest BCUT2D eigenvalue weighted by Gasteiger charge is 2.33. The number of carbonyl (C=O) groups is 14. The Kier molecular flexibility index (Phi) is 41.2. The maximum Gasteiger partial charge on any atom is 0.243 e. The third kappa shape index (κ3) is 35.9. The molecule has 2 aromatic heterocycles. The molecular weight excluding hydrogens is 1480 g/mol. The number of phenols is 1. The molecule has 0 bridgehead atoms. The molecule has 3 aromatic carbocycles. The van der Waals surface area contributed by atoms with E-state index in [0.717, 1.165) is 32.9 Å². The minimum Gasteiger partial charge on any atom is -0.508 e. The maximum absolute atomic E-state index is 14.6. The second-order valence-electron chi connectivity index (χ2n) is 29.6. The Bertz CT molecular complexity index is 4050. The Balaban J connectivity index is 0.978. The molecule has 0 saturated carbocycles. The first kappa shape index (κ1) is 93.9. The van der Waals surface area contributed by atoms with Crippen molar-refractivity contribution in [3.05, 3.63) is 102 Å². The normalized spacial score (nSPS) is 13.2. The summed E-state index contributed by atoms with van der Waals surface area (Å²) in [5.74, 6) is -8.45. The lowest BCUT2D eigenvalue weighted by molar-refractivity contribution is -0.134. The van der Waals surface area contributed by atoms with Gasteiger partial charge in [-0.25, -0.2) is 0 Å². The smallest absolute Gasteiger partial charge is 0.243 e. The molecule has 0 radical (unpaired) electrons. The maximum atomic E-state index is 14.6. The molecule has 5 rings (SSSR count). The predicted octanol–water partition coefficient (Wildman–Crippen LogP) is 0.753. The number of unbranched alkanes of at least 4 members (excludes halogenated alkanes) is 4. The highest BCUT2D eigenvalue weighted by molar-refractivity contribution is 5.98. The highest BCUT2D eigenvalue weighted by Crippen LogP contribution is 2.22. The molecule has 115 heavy (non-hydrogen) atoms. The van der Waals surface area contributed by atoms with Gasteiger partial charge in [-0.15, -0.1) is 0 Å². The zero-order valence-corrected chi connectivity index (χ0v) is 66.8. The van der Waals surface area contributed by atoms with Crippen LogP contribution in [0.15, 0.2) is 85.2 Å². The number of aromatic hydroxyl groups is 1. The van der Waals surface area contributed by atoms with Crippen molar-refractivity contribution < 1.29 is 72.2 Å². The fourth-order valence-corrected chi connectivity index (χ4v) is 12.5. The average molecular weight is 1600 g/mol. The predicted molar refractivity (Wildman–Crippen MR) is 434 cm³/mol. The fraction of sp³-hybridized carbons (Fsp3) is 0.537. The van der Waals surface area contributed by atoms with Gasteiger partial charge in [0, 0.05) is 98.9 Å². The van der Waals surface area contributed by atoms with Gasteiger partial charge in [-0.3, -0.25) is 72.5 Å². The number of benzene rings is 3. The number of guanidine groups is 1. The second-order valence-corrected chi connectivity index (χ2v) is 29.6. The van der Waals surface area contributed by atoms with Crippen LogP contribution in [0.3, 0.4) is 0 Å². The molecule has 0 aliphatic rings. The van der Waals surface area contributed by atoms with Crippen LogP contribution < -0.4 is 91.6 Å². The molecule has 0 saturated heterocycles. The largest absolute Gasteiger partial charge is 0.508 e. The van der Waals surface area contributed by atoms with Gasteiger partial charge in [0.05, 0.1) is 13.1 Å². The lowest BCUT2D eigenvalue weighted by atomic mass is 10.0. The lowest BCUT2D eigenvalue weighted by Gasteiger charge is -2.26. The van der Waals surface area contributed by atoms with Crippen molar-refractivity contribution in [3.63, 3.8) is 0 Å². The Hall–Kier alpha value is -11.7. The number of nitrogens with one attached hydrogen (secondary N) is 17. The SMILES string of the molecule is CC(C)C[C@H](NC(=O)[C@H](CC(C)C)NC(=O)CNC(=O)[C@H](C)NC(=O)[C@H](C)NC(=O)[C@H](CCCNC(=N)N)NC(=O)CNC(=O)CCCCNC(=O)CCCCNC(=O)CCCCNC(=O)[C@H](CCCCN)NC(=O)[C@H](Cc1ccc(O)cc1)NC(=O)[C@H](Cc1c[nH]c2ccccc12)NC(=O)CCc1c[nH]c2ccccc12)C(N)=O. The molecule has 5 aromatic rings. The van der Waals surface area contributed by atoms with Crippen molar-refractivity contribution in [1.82, 2.24) is 84.4 Å². The zero-order chi connectivity index (χ0) is 84.4. The van der Waals surface area contributed by atoms with Gasteiger partial charge in [0.15, 0.2) is 5.96 Å². The summed E-state index contributed by atoms with van der Waals surface area (Å²) >= 11 is 0. The molecule has 630 valence electrons. The van der Waals surface area contributed by atoms with E-state index in [1.54, 1.807) is 18.3 Å². The van der Waals surface area contributed by atoms with Crippen molar-refractivity contribution in [2.45, 2.75) is 218 Å². The van der Waals surface area contributed by atoms with Crippen LogP contribution >= 0.6 is 0 Å². The minimum absolute atomic E-state index is 0.000121. The average Bonchev–Trinajstić information content (AvgIpc) is 1.70. The first-order chi connectivity index (χ1) is 54.9. The molecule has 14 amide bonds. The third-order valence-corrected chi connectivity index (χ3v) is 18.8. The number of primary amides is 1. The van der Waals surface area contributed by atoms with E-state index in [-0.39, 0.29) is 132 Å². The standard InChI is InChI=1S/C80H120N20O15/c1-48(2)40-62(72(82)108)99-77(113)63(41-49(3)4)97-71(107)47-92-73(109)50(5)93-74(110)51(6)94-76(112)61(25-19-39-88-80(83)84)95-70(106)46-91-68(104)28-13-17-37-86-66(102)26-12-16-36-85-67(103)27-14-18-38-87-75(111)60(24-11-15-35-81)98-78(114)64(42-52-29-32-55(101)33-30-52)100-79(115)65(43-54-45-90-59-23-10-8-21-57(54)59)96-69(105)34-31-53-44-89-58-22-9-7-20-56(53)58/h7-10,20-23,29-30,32-33,44-45,48-51,60-65,89-90,101H,11-19,24-28,31,34-43,46-47,81H2,1-6H3,(H2,82,108)(H,85,103)(H,86,102)(H,87,111)(H,91,104)(H,92,109)(H,93,110)(H,94,112)(H,95,106)(H,96,105)(H,97,107)(H,98,114)(H,99,113)(H,100,115)(H4,83,84,88)/t50-,51-,60-,61-,62-,63-,64-,65-/m0/s1. The van der Waals surface area contributed by atoms with Gasteiger partial charge in [-0.05, 0) is 163 Å². The quantitative estimate of drug-likeness (QED) is 0.0145. The molecule has 8 atom stereocenters. The van der Waals surface area contributed by atoms with Crippen molar-refractivity contribution in [2.75, 3.05) is 45.8 Å². The highest BCUT2D eigenvalue weighted by atomic mass is 16.3. The van der Waals surface area contributed by atoms with Gasteiger partial charge in [-0.2, -0.15) is 0 Å². The summed E-state index contributed by atoms with van der Waals surface area (Å²) in [7, 11) is 0. The van der Waals surface area contributed by atoms with E-state index in [1.807, 2.05) is 82.4 Å². The van der Waals surface area contributed by atoms with Gasteiger partial charge in [-0.1, -0.05) is 76.2 Å². The Labute approximate surface area is 670 Å². The number of aromatic amines is 2. The lowest BCUT2D eigenvalue weighted by Crippen LogP contribution is -2.57. The second kappa shape index (κ2) is 50.5. The number of phenolic OH excluding ortho intramolecular Hbond substituents is 1. The number of hydrogen-bond acceptors (Lipinski definition) is 17. The summed E-state index contributed by atoms with van der Waals surface area (Å²) in [5.41, 5.74) is 20.8. The summed E-state index contributed by atoms with van der Waals surface area (Å²) in [6, 6.07) is 12.5.